The Morgan fingerprint density at radius 1 is 1.69 bits per heavy atom. The fourth-order valence-electron chi connectivity index (χ4n) is 1.33. The van der Waals surface area contributed by atoms with E-state index in [1.807, 2.05) is 6.07 Å². The molecule has 0 spiro atoms. The summed E-state index contributed by atoms with van der Waals surface area (Å²) in [5, 5.41) is 8.64. The van der Waals surface area contributed by atoms with Crippen LogP contribution in [0.25, 0.3) is 0 Å². The first-order valence-corrected chi connectivity index (χ1v) is 4.60. The summed E-state index contributed by atoms with van der Waals surface area (Å²) < 4.78 is 4.97. The number of hydrogen-bond donors (Lipinski definition) is 0. The average molecular weight is 182 g/mol. The number of rotatable bonds is 4. The fraction of sp³-hybridized carbons (Fsp3) is 0.778. The molecule has 0 aliphatic carbocycles. The van der Waals surface area contributed by atoms with E-state index < -0.39 is 6.23 Å². The minimum atomic E-state index is -0.649. The van der Waals surface area contributed by atoms with Gasteiger partial charge in [0.2, 0.25) is 6.23 Å². The summed E-state index contributed by atoms with van der Waals surface area (Å²) in [4.78, 5) is 12.7. The van der Waals surface area contributed by atoms with Crippen LogP contribution >= 0.6 is 0 Å². The van der Waals surface area contributed by atoms with Gasteiger partial charge in [0.25, 0.3) is 5.91 Å². The van der Waals surface area contributed by atoms with Crippen LogP contribution in [-0.4, -0.2) is 30.2 Å². The molecule has 1 aliphatic rings. The summed E-state index contributed by atoms with van der Waals surface area (Å²) in [7, 11) is 0. The molecule has 1 rings (SSSR count). The molecule has 0 aromatic heterocycles. The van der Waals surface area contributed by atoms with Crippen molar-refractivity contribution in [2.24, 2.45) is 0 Å². The van der Waals surface area contributed by atoms with Crippen molar-refractivity contribution in [1.29, 1.82) is 5.26 Å². The lowest BCUT2D eigenvalue weighted by atomic mass is 10.2. The Morgan fingerprint density at radius 3 is 3.08 bits per heavy atom. The maximum Gasteiger partial charge on any atom is 0.251 e. The van der Waals surface area contributed by atoms with Gasteiger partial charge in [-0.1, -0.05) is 19.8 Å². The Balaban J connectivity index is 2.37. The molecule has 4 nitrogen and oxygen atoms in total. The Labute approximate surface area is 78.1 Å². The van der Waals surface area contributed by atoms with Gasteiger partial charge < -0.3 is 9.64 Å². The van der Waals surface area contributed by atoms with Crippen molar-refractivity contribution in [2.45, 2.75) is 32.4 Å². The largest absolute Gasteiger partial charge is 0.335 e. The van der Waals surface area contributed by atoms with Gasteiger partial charge in [-0.2, -0.15) is 5.26 Å². The Kier molecular flexibility index (Phi) is 3.71. The van der Waals surface area contributed by atoms with Crippen LogP contribution < -0.4 is 0 Å². The van der Waals surface area contributed by atoms with Crippen LogP contribution in [0.15, 0.2) is 0 Å². The SMILES string of the molecule is CCCCCN1C(=O)COC1C#N. The molecule has 4 heteroatoms. The van der Waals surface area contributed by atoms with Gasteiger partial charge >= 0.3 is 0 Å². The van der Waals surface area contributed by atoms with Crippen LogP contribution in [0.1, 0.15) is 26.2 Å². The van der Waals surface area contributed by atoms with E-state index in [0.29, 0.717) is 6.54 Å². The number of amides is 1. The first kappa shape index (κ1) is 10.0. The highest BCUT2D eigenvalue weighted by molar-refractivity contribution is 5.79. The molecule has 1 saturated heterocycles. The average Bonchev–Trinajstić information content (AvgIpc) is 2.48. The second kappa shape index (κ2) is 4.83. The van der Waals surface area contributed by atoms with Crippen LogP contribution in [0.2, 0.25) is 0 Å². The van der Waals surface area contributed by atoms with Crippen molar-refractivity contribution in [3.05, 3.63) is 0 Å². The summed E-state index contributed by atoms with van der Waals surface area (Å²) in [5.74, 6) is -0.0670. The predicted octanol–water partition coefficient (Wildman–Crippen LogP) is 0.885. The number of unbranched alkanes of at least 4 members (excludes halogenated alkanes) is 2. The number of nitrogens with zero attached hydrogens (tertiary/aromatic N) is 2. The van der Waals surface area contributed by atoms with Gasteiger partial charge in [-0.05, 0) is 6.42 Å². The van der Waals surface area contributed by atoms with E-state index in [9.17, 15) is 4.79 Å². The first-order valence-electron chi connectivity index (χ1n) is 4.60. The van der Waals surface area contributed by atoms with Crippen molar-refractivity contribution in [1.82, 2.24) is 4.90 Å². The lowest BCUT2D eigenvalue weighted by molar-refractivity contribution is -0.127. The van der Waals surface area contributed by atoms with Crippen LogP contribution in [0.3, 0.4) is 0 Å². The number of carbonyl (C=O) groups is 1. The fourth-order valence-corrected chi connectivity index (χ4v) is 1.33. The van der Waals surface area contributed by atoms with Gasteiger partial charge in [-0.3, -0.25) is 4.79 Å². The second-order valence-corrected chi connectivity index (χ2v) is 3.09. The molecular weight excluding hydrogens is 168 g/mol. The quantitative estimate of drug-likeness (QED) is 0.606. The Morgan fingerprint density at radius 2 is 2.46 bits per heavy atom. The van der Waals surface area contributed by atoms with Crippen molar-refractivity contribution in [3.63, 3.8) is 0 Å². The van der Waals surface area contributed by atoms with Gasteiger partial charge in [0.1, 0.15) is 12.7 Å². The third kappa shape index (κ3) is 2.43. The van der Waals surface area contributed by atoms with Crippen LogP contribution in [0.4, 0.5) is 0 Å². The molecule has 1 unspecified atom stereocenters. The van der Waals surface area contributed by atoms with Gasteiger partial charge in [0.05, 0.1) is 0 Å². The topological polar surface area (TPSA) is 53.3 Å². The van der Waals surface area contributed by atoms with E-state index >= 15 is 0 Å². The Bertz CT molecular complexity index is 222. The lowest BCUT2D eigenvalue weighted by Crippen LogP contribution is -2.33. The normalized spacial score (nSPS) is 22.0. The molecule has 0 aromatic carbocycles. The zero-order chi connectivity index (χ0) is 9.68. The van der Waals surface area contributed by atoms with Crippen molar-refractivity contribution in [3.8, 4) is 6.07 Å². The molecule has 1 heterocycles. The maximum atomic E-state index is 11.2. The van der Waals surface area contributed by atoms with Crippen molar-refractivity contribution < 1.29 is 9.53 Å². The highest BCUT2D eigenvalue weighted by Crippen LogP contribution is 2.11. The molecule has 0 N–H and O–H groups in total. The van der Waals surface area contributed by atoms with E-state index in [1.54, 1.807) is 0 Å². The highest BCUT2D eigenvalue weighted by Gasteiger charge is 2.30. The minimum absolute atomic E-state index is 0.0599. The Hall–Kier alpha value is -1.08. The van der Waals surface area contributed by atoms with Crippen LogP contribution in [-0.2, 0) is 9.53 Å². The molecule has 1 amide bonds. The minimum Gasteiger partial charge on any atom is -0.335 e. The van der Waals surface area contributed by atoms with E-state index in [-0.39, 0.29) is 12.5 Å². The number of hydrogen-bond acceptors (Lipinski definition) is 3. The molecule has 0 saturated carbocycles. The summed E-state index contributed by atoms with van der Waals surface area (Å²) in [6.45, 7) is 2.80. The molecule has 1 aliphatic heterocycles. The molecule has 13 heavy (non-hydrogen) atoms. The molecule has 72 valence electrons. The van der Waals surface area contributed by atoms with Gasteiger partial charge in [-0.15, -0.1) is 0 Å². The highest BCUT2D eigenvalue weighted by atomic mass is 16.5. The van der Waals surface area contributed by atoms with E-state index in [4.69, 9.17) is 10.00 Å². The molecular formula is C9H14N2O2. The first-order chi connectivity index (χ1) is 6.29. The van der Waals surface area contributed by atoms with Gasteiger partial charge in [-0.25, -0.2) is 0 Å². The third-order valence-corrected chi connectivity index (χ3v) is 2.08. The predicted molar refractivity (Wildman–Crippen MR) is 46.6 cm³/mol. The van der Waals surface area contributed by atoms with E-state index in [1.165, 1.54) is 4.90 Å². The summed E-state index contributed by atoms with van der Waals surface area (Å²) in [6.07, 6.45) is 2.50. The van der Waals surface area contributed by atoms with Crippen LogP contribution in [0.5, 0.6) is 0 Å². The molecule has 1 atom stereocenters. The summed E-state index contributed by atoms with van der Waals surface area (Å²) >= 11 is 0. The molecule has 1 fully saturated rings. The van der Waals surface area contributed by atoms with Gasteiger partial charge in [0, 0.05) is 6.54 Å². The lowest BCUT2D eigenvalue weighted by Gasteiger charge is -2.16. The second-order valence-electron chi connectivity index (χ2n) is 3.09. The molecule has 0 bridgehead atoms. The smallest absolute Gasteiger partial charge is 0.251 e. The number of nitriles is 1. The zero-order valence-electron chi connectivity index (χ0n) is 7.82. The van der Waals surface area contributed by atoms with Gasteiger partial charge in [0.15, 0.2) is 0 Å². The van der Waals surface area contributed by atoms with Crippen molar-refractivity contribution >= 4 is 5.91 Å². The molecule has 0 radical (unpaired) electrons. The van der Waals surface area contributed by atoms with Crippen molar-refractivity contribution in [2.75, 3.05) is 13.2 Å². The van der Waals surface area contributed by atoms with Crippen LogP contribution in [0, 0.1) is 11.3 Å². The standard InChI is InChI=1S/C9H14N2O2/c1-2-3-4-5-11-8(12)7-13-9(11)6-10/h9H,2-5,7H2,1H3. The number of carbonyl (C=O) groups excluding carboxylic acids is 1. The maximum absolute atomic E-state index is 11.2. The number of ether oxygens (including phenoxy) is 1. The molecule has 0 aromatic rings. The zero-order valence-corrected chi connectivity index (χ0v) is 7.82. The monoisotopic (exact) mass is 182 g/mol. The summed E-state index contributed by atoms with van der Waals surface area (Å²) in [6, 6.07) is 1.95. The van der Waals surface area contributed by atoms with E-state index in [2.05, 4.69) is 6.92 Å². The summed E-state index contributed by atoms with van der Waals surface area (Å²) in [5.41, 5.74) is 0. The van der Waals surface area contributed by atoms with E-state index in [0.717, 1.165) is 19.3 Å². The third-order valence-electron chi connectivity index (χ3n) is 2.08.